The van der Waals surface area contributed by atoms with Gasteiger partial charge in [0.2, 0.25) is 0 Å². The van der Waals surface area contributed by atoms with Crippen LogP contribution in [-0.2, 0) is 6.42 Å². The molecule has 0 aliphatic rings. The molecule has 4 aromatic rings. The van der Waals surface area contributed by atoms with E-state index in [-0.39, 0.29) is 0 Å². The van der Waals surface area contributed by atoms with E-state index in [1.807, 2.05) is 0 Å². The normalized spacial score (nSPS) is 11.8. The number of aryl methyl sites for hydroxylation is 1. The van der Waals surface area contributed by atoms with Crippen LogP contribution in [0.5, 0.6) is 0 Å². The molecule has 0 nitrogen and oxygen atoms in total. The van der Waals surface area contributed by atoms with E-state index in [4.69, 9.17) is 0 Å². The minimum absolute atomic E-state index is 0.472. The Labute approximate surface area is 151 Å². The molecule has 0 radical (unpaired) electrons. The molecule has 25 heavy (non-hydrogen) atoms. The lowest BCUT2D eigenvalue weighted by Gasteiger charge is -2.10. The monoisotopic (exact) mass is 342 g/mol. The second kappa shape index (κ2) is 7.30. The van der Waals surface area contributed by atoms with Crippen LogP contribution in [0.15, 0.2) is 84.9 Å². The van der Waals surface area contributed by atoms with Crippen molar-refractivity contribution in [1.82, 2.24) is 0 Å². The van der Waals surface area contributed by atoms with E-state index in [0.29, 0.717) is 0 Å². The van der Waals surface area contributed by atoms with E-state index in [9.17, 15) is 0 Å². The lowest BCUT2D eigenvalue weighted by molar-refractivity contribution is 0.801. The zero-order chi connectivity index (χ0) is 17.1. The maximum absolute atomic E-state index is 2.34. The quantitative estimate of drug-likeness (QED) is 0.347. The van der Waals surface area contributed by atoms with Crippen LogP contribution < -0.4 is 0 Å². The highest BCUT2D eigenvalue weighted by Gasteiger charge is 2.19. The first-order valence-corrected chi connectivity index (χ1v) is 10.5. The van der Waals surface area contributed by atoms with E-state index in [1.165, 1.54) is 40.6 Å². The van der Waals surface area contributed by atoms with E-state index in [0.717, 1.165) is 0 Å². The van der Waals surface area contributed by atoms with Gasteiger partial charge in [-0.25, -0.2) is 0 Å². The minimum Gasteiger partial charge on any atom is -0.0770 e. The number of hydrogen-bond donors (Lipinski definition) is 0. The van der Waals surface area contributed by atoms with E-state index >= 15 is 0 Å². The van der Waals surface area contributed by atoms with Gasteiger partial charge in [-0.3, -0.25) is 0 Å². The molecule has 0 spiro atoms. The second-order valence-corrected chi connectivity index (χ2v) is 8.60. The zero-order valence-corrected chi connectivity index (χ0v) is 15.5. The molecular formula is C24H23P. The van der Waals surface area contributed by atoms with Crippen LogP contribution in [0.25, 0.3) is 26.7 Å². The Morgan fingerprint density at radius 2 is 1.36 bits per heavy atom. The summed E-state index contributed by atoms with van der Waals surface area (Å²) in [5.74, 6) is 0. The van der Waals surface area contributed by atoms with Gasteiger partial charge in [0.15, 0.2) is 0 Å². The third-order valence-corrected chi connectivity index (χ3v) is 7.48. The second-order valence-electron chi connectivity index (χ2n) is 6.48. The van der Waals surface area contributed by atoms with Crippen LogP contribution in [0.3, 0.4) is 0 Å². The molecule has 0 amide bonds. The summed E-state index contributed by atoms with van der Waals surface area (Å²) in [7, 11) is -0.472. The van der Waals surface area contributed by atoms with Gasteiger partial charge >= 0.3 is 0 Å². The maximum atomic E-state index is 2.34. The smallest absolute Gasteiger partial charge is 0.0100 e. The molecule has 0 saturated heterocycles. The summed E-state index contributed by atoms with van der Waals surface area (Å²) in [5, 5.41) is 6.02. The van der Waals surface area contributed by atoms with Gasteiger partial charge in [0.1, 0.15) is 0 Å². The molecule has 124 valence electrons. The summed E-state index contributed by atoms with van der Waals surface area (Å²) in [6.45, 7) is 2.28. The van der Waals surface area contributed by atoms with Crippen molar-refractivity contribution in [3.8, 4) is 16.2 Å². The number of rotatable bonds is 5. The summed E-state index contributed by atoms with van der Waals surface area (Å²) >= 11 is 0. The molecule has 0 aliphatic carbocycles. The average Bonchev–Trinajstić information content (AvgIpc) is 3.02. The Kier molecular flexibility index (Phi) is 4.72. The van der Waals surface area contributed by atoms with E-state index in [2.05, 4.69) is 91.9 Å². The number of unbranched alkanes of at least 4 members (excludes halogenated alkanes) is 1. The van der Waals surface area contributed by atoms with Crippen LogP contribution >= 0.6 is 7.53 Å². The van der Waals surface area contributed by atoms with Gasteiger partial charge in [-0.15, -0.1) is 0 Å². The van der Waals surface area contributed by atoms with Gasteiger partial charge in [0.25, 0.3) is 0 Å². The number of hydrogen-bond acceptors (Lipinski definition) is 0. The predicted molar refractivity (Wildman–Crippen MR) is 112 cm³/mol. The Morgan fingerprint density at radius 3 is 2.08 bits per heavy atom. The number of fused-ring (bicyclic) bond motifs is 1. The SMILES string of the molecule is CCCCc1c(-c2ccccc2)p(-c2ccccc2)c2ccccc12. The summed E-state index contributed by atoms with van der Waals surface area (Å²) in [4.78, 5) is 0. The van der Waals surface area contributed by atoms with Gasteiger partial charge in [-0.2, -0.15) is 0 Å². The van der Waals surface area contributed by atoms with E-state index in [1.54, 1.807) is 10.9 Å². The van der Waals surface area contributed by atoms with Gasteiger partial charge in [0, 0.05) is 10.4 Å². The molecule has 1 unspecified atom stereocenters. The number of benzene rings is 3. The van der Waals surface area contributed by atoms with Crippen molar-refractivity contribution < 1.29 is 0 Å². The van der Waals surface area contributed by atoms with Gasteiger partial charge in [0.05, 0.1) is 0 Å². The third kappa shape index (κ3) is 3.03. The van der Waals surface area contributed by atoms with Gasteiger partial charge in [-0.1, -0.05) is 106 Å². The molecule has 4 rings (SSSR count). The van der Waals surface area contributed by atoms with Gasteiger partial charge < -0.3 is 0 Å². The highest BCUT2D eigenvalue weighted by molar-refractivity contribution is 7.65. The third-order valence-electron chi connectivity index (χ3n) is 4.82. The fourth-order valence-corrected chi connectivity index (χ4v) is 6.50. The minimum atomic E-state index is -0.472. The Morgan fingerprint density at radius 1 is 0.720 bits per heavy atom. The Bertz CT molecular complexity index is 965. The molecule has 3 aromatic carbocycles. The molecular weight excluding hydrogens is 319 g/mol. The van der Waals surface area contributed by atoms with Crippen molar-refractivity contribution in [1.29, 1.82) is 0 Å². The Balaban J connectivity index is 2.08. The molecule has 1 aromatic heterocycles. The summed E-state index contributed by atoms with van der Waals surface area (Å²) in [6.07, 6.45) is 3.65. The Hall–Kier alpha value is -2.30. The van der Waals surface area contributed by atoms with Crippen molar-refractivity contribution in [2.75, 3.05) is 0 Å². The van der Waals surface area contributed by atoms with Crippen LogP contribution in [0.2, 0.25) is 0 Å². The lowest BCUT2D eigenvalue weighted by Crippen LogP contribution is -1.86. The zero-order valence-electron chi connectivity index (χ0n) is 14.7. The van der Waals surface area contributed by atoms with Crippen molar-refractivity contribution >= 4 is 18.0 Å². The molecule has 1 heteroatoms. The molecule has 1 atom stereocenters. The summed E-state index contributed by atoms with van der Waals surface area (Å²) in [6, 6.07) is 31.1. The summed E-state index contributed by atoms with van der Waals surface area (Å²) in [5.41, 5.74) is 2.96. The van der Waals surface area contributed by atoms with Crippen LogP contribution in [0.4, 0.5) is 0 Å². The molecule has 0 bridgehead atoms. The van der Waals surface area contributed by atoms with Crippen molar-refractivity contribution in [2.45, 2.75) is 26.2 Å². The first-order valence-electron chi connectivity index (χ1n) is 9.13. The average molecular weight is 342 g/mol. The summed E-state index contributed by atoms with van der Waals surface area (Å²) < 4.78 is 0. The first-order chi connectivity index (χ1) is 12.4. The van der Waals surface area contributed by atoms with Crippen LogP contribution in [-0.4, -0.2) is 0 Å². The topological polar surface area (TPSA) is 0 Å². The molecule has 0 N–H and O–H groups in total. The van der Waals surface area contributed by atoms with E-state index < -0.39 is 7.53 Å². The molecule has 0 fully saturated rings. The highest BCUT2D eigenvalue weighted by atomic mass is 31.1. The van der Waals surface area contributed by atoms with Crippen LogP contribution in [0.1, 0.15) is 25.3 Å². The first kappa shape index (κ1) is 16.2. The van der Waals surface area contributed by atoms with Crippen molar-refractivity contribution in [3.05, 3.63) is 90.5 Å². The fraction of sp³-hybridized carbons (Fsp3) is 0.167. The largest absolute Gasteiger partial charge is 0.0770 e. The molecule has 1 heterocycles. The molecule has 0 aliphatic heterocycles. The van der Waals surface area contributed by atoms with Crippen LogP contribution in [0, 0.1) is 0 Å². The standard InChI is InChI=1S/C24H23P/c1-2-3-16-22-21-17-10-11-18-23(21)25(20-14-8-5-9-15-20)24(22)19-12-6-4-7-13-19/h4-15,17-18H,2-3,16H2,1H3. The lowest BCUT2D eigenvalue weighted by atomic mass is 10.0. The maximum Gasteiger partial charge on any atom is 0.0100 e. The van der Waals surface area contributed by atoms with Gasteiger partial charge in [-0.05, 0) is 34.7 Å². The molecule has 0 saturated carbocycles. The highest BCUT2D eigenvalue weighted by Crippen LogP contribution is 2.58. The predicted octanol–water partition coefficient (Wildman–Crippen LogP) is 7.83. The van der Waals surface area contributed by atoms with Crippen molar-refractivity contribution in [3.63, 3.8) is 0 Å². The van der Waals surface area contributed by atoms with Crippen molar-refractivity contribution in [2.24, 2.45) is 0 Å². The fourth-order valence-electron chi connectivity index (χ4n) is 3.66.